The van der Waals surface area contributed by atoms with Crippen LogP contribution in [0.5, 0.6) is 0 Å². The third-order valence-corrected chi connectivity index (χ3v) is 3.44. The summed E-state index contributed by atoms with van der Waals surface area (Å²) in [4.78, 5) is 12.0. The summed E-state index contributed by atoms with van der Waals surface area (Å²) in [6, 6.07) is 5.89. The van der Waals surface area contributed by atoms with Gasteiger partial charge in [-0.25, -0.2) is 0 Å². The van der Waals surface area contributed by atoms with Gasteiger partial charge in [0, 0.05) is 12.2 Å². The maximum Gasteiger partial charge on any atom is 0.253 e. The second kappa shape index (κ2) is 5.50. The van der Waals surface area contributed by atoms with Gasteiger partial charge < -0.3 is 15.8 Å². The summed E-state index contributed by atoms with van der Waals surface area (Å²) in [6.45, 7) is 4.56. The second-order valence-corrected chi connectivity index (χ2v) is 4.85. The summed E-state index contributed by atoms with van der Waals surface area (Å²) >= 11 is 0. The van der Waals surface area contributed by atoms with Crippen LogP contribution in [-0.2, 0) is 9.53 Å². The highest BCUT2D eigenvalue weighted by molar-refractivity contribution is 5.94. The topological polar surface area (TPSA) is 64.4 Å². The molecule has 1 aromatic rings. The number of hydrogen-bond acceptors (Lipinski definition) is 3. The molecule has 0 spiro atoms. The zero-order valence-corrected chi connectivity index (χ0v) is 10.9. The summed E-state index contributed by atoms with van der Waals surface area (Å²) in [5.74, 6) is -0.0748. The van der Waals surface area contributed by atoms with Crippen LogP contribution in [0, 0.1) is 13.8 Å². The van der Waals surface area contributed by atoms with Crippen LogP contribution in [0.15, 0.2) is 18.2 Å². The molecule has 1 saturated heterocycles. The molecule has 3 N–H and O–H groups in total. The van der Waals surface area contributed by atoms with Crippen molar-refractivity contribution in [2.45, 2.75) is 38.9 Å². The molecular formula is C14H20N2O2. The molecule has 2 atom stereocenters. The summed E-state index contributed by atoms with van der Waals surface area (Å²) in [5.41, 5.74) is 8.73. The Morgan fingerprint density at radius 1 is 1.39 bits per heavy atom. The average Bonchev–Trinajstić information content (AvgIpc) is 2.82. The molecule has 1 aromatic carbocycles. The van der Waals surface area contributed by atoms with E-state index in [1.54, 1.807) is 0 Å². The number of rotatable bonds is 3. The Hall–Kier alpha value is -1.39. The number of hydrogen-bond donors (Lipinski definition) is 2. The normalized spacial score (nSPS) is 23.1. The fourth-order valence-corrected chi connectivity index (χ4v) is 2.11. The Morgan fingerprint density at radius 3 is 2.78 bits per heavy atom. The van der Waals surface area contributed by atoms with Gasteiger partial charge in [0.2, 0.25) is 0 Å². The number of nitrogens with two attached hydrogens (primary N) is 1. The number of amides is 1. The van der Waals surface area contributed by atoms with Gasteiger partial charge in [0.1, 0.15) is 6.10 Å². The van der Waals surface area contributed by atoms with Crippen molar-refractivity contribution in [3.05, 3.63) is 29.3 Å². The minimum absolute atomic E-state index is 0.0282. The van der Waals surface area contributed by atoms with Gasteiger partial charge in [-0.05, 0) is 49.9 Å². The summed E-state index contributed by atoms with van der Waals surface area (Å²) in [6.07, 6.45) is 1.28. The first-order valence-corrected chi connectivity index (χ1v) is 6.34. The minimum Gasteiger partial charge on any atom is -0.364 e. The van der Waals surface area contributed by atoms with E-state index in [9.17, 15) is 4.79 Å². The Balaban J connectivity index is 1.97. The molecular weight excluding hydrogens is 228 g/mol. The van der Waals surface area contributed by atoms with Crippen molar-refractivity contribution in [1.82, 2.24) is 0 Å². The van der Waals surface area contributed by atoms with Gasteiger partial charge in [0.05, 0.1) is 6.10 Å². The molecule has 0 saturated carbocycles. The molecule has 0 unspecified atom stereocenters. The lowest BCUT2D eigenvalue weighted by Crippen LogP contribution is -2.29. The lowest BCUT2D eigenvalue weighted by atomic mass is 10.1. The van der Waals surface area contributed by atoms with E-state index < -0.39 is 0 Å². The second-order valence-electron chi connectivity index (χ2n) is 4.85. The van der Waals surface area contributed by atoms with E-state index >= 15 is 0 Å². The Morgan fingerprint density at radius 2 is 2.17 bits per heavy atom. The highest BCUT2D eigenvalue weighted by atomic mass is 16.5. The molecule has 1 amide bonds. The van der Waals surface area contributed by atoms with Crippen LogP contribution in [0.3, 0.4) is 0 Å². The van der Waals surface area contributed by atoms with Gasteiger partial charge in [-0.15, -0.1) is 0 Å². The number of aryl methyl sites for hydroxylation is 2. The van der Waals surface area contributed by atoms with E-state index in [1.807, 2.05) is 32.0 Å². The molecule has 4 nitrogen and oxygen atoms in total. The summed E-state index contributed by atoms with van der Waals surface area (Å²) in [7, 11) is 0. The van der Waals surface area contributed by atoms with E-state index in [0.717, 1.165) is 18.5 Å². The van der Waals surface area contributed by atoms with Crippen molar-refractivity contribution in [2.24, 2.45) is 5.73 Å². The summed E-state index contributed by atoms with van der Waals surface area (Å²) in [5, 5.41) is 2.89. The average molecular weight is 248 g/mol. The van der Waals surface area contributed by atoms with Gasteiger partial charge in [0.25, 0.3) is 5.91 Å². The van der Waals surface area contributed by atoms with Crippen molar-refractivity contribution in [3.8, 4) is 0 Å². The Bertz CT molecular complexity index is 445. The predicted octanol–water partition coefficient (Wildman–Crippen LogP) is 1.75. The summed E-state index contributed by atoms with van der Waals surface area (Å²) < 4.78 is 5.56. The first kappa shape index (κ1) is 13.1. The van der Waals surface area contributed by atoms with Crippen molar-refractivity contribution in [3.63, 3.8) is 0 Å². The molecule has 0 aromatic heterocycles. The van der Waals surface area contributed by atoms with E-state index in [1.165, 1.54) is 11.1 Å². The predicted molar refractivity (Wildman–Crippen MR) is 71.5 cm³/mol. The lowest BCUT2D eigenvalue weighted by Gasteiger charge is -2.13. The number of ether oxygens (including phenoxy) is 1. The smallest absolute Gasteiger partial charge is 0.253 e. The van der Waals surface area contributed by atoms with E-state index in [-0.39, 0.29) is 18.1 Å². The van der Waals surface area contributed by atoms with Gasteiger partial charge >= 0.3 is 0 Å². The van der Waals surface area contributed by atoms with Crippen LogP contribution < -0.4 is 11.1 Å². The minimum atomic E-state index is -0.361. The molecule has 0 aliphatic carbocycles. The zero-order valence-electron chi connectivity index (χ0n) is 10.9. The third-order valence-electron chi connectivity index (χ3n) is 3.44. The maximum absolute atomic E-state index is 12.0. The third kappa shape index (κ3) is 2.89. The fraction of sp³-hybridized carbons (Fsp3) is 0.500. The van der Waals surface area contributed by atoms with Crippen LogP contribution in [0.2, 0.25) is 0 Å². The molecule has 1 heterocycles. The quantitative estimate of drug-likeness (QED) is 0.856. The Labute approximate surface area is 108 Å². The van der Waals surface area contributed by atoms with E-state index in [0.29, 0.717) is 6.54 Å². The van der Waals surface area contributed by atoms with Gasteiger partial charge in [0.15, 0.2) is 0 Å². The van der Waals surface area contributed by atoms with Crippen LogP contribution in [-0.4, -0.2) is 24.7 Å². The molecule has 0 radical (unpaired) electrons. The van der Waals surface area contributed by atoms with Crippen LogP contribution >= 0.6 is 0 Å². The first-order valence-electron chi connectivity index (χ1n) is 6.34. The molecule has 1 aliphatic rings. The molecule has 4 heteroatoms. The molecule has 0 bridgehead atoms. The first-order chi connectivity index (χ1) is 8.60. The molecule has 1 aliphatic heterocycles. The van der Waals surface area contributed by atoms with E-state index in [2.05, 4.69) is 5.32 Å². The highest BCUT2D eigenvalue weighted by Crippen LogP contribution is 2.21. The maximum atomic E-state index is 12.0. The monoisotopic (exact) mass is 248 g/mol. The molecule has 18 heavy (non-hydrogen) atoms. The number of carbonyl (C=O) groups is 1. The Kier molecular flexibility index (Phi) is 3.99. The van der Waals surface area contributed by atoms with Crippen molar-refractivity contribution < 1.29 is 9.53 Å². The number of carbonyl (C=O) groups excluding carboxylic acids is 1. The molecule has 98 valence electrons. The fourth-order valence-electron chi connectivity index (χ4n) is 2.11. The van der Waals surface area contributed by atoms with Crippen LogP contribution in [0.1, 0.15) is 24.0 Å². The van der Waals surface area contributed by atoms with E-state index in [4.69, 9.17) is 10.5 Å². The number of benzene rings is 1. The van der Waals surface area contributed by atoms with Crippen LogP contribution in [0.4, 0.5) is 5.69 Å². The van der Waals surface area contributed by atoms with Crippen LogP contribution in [0.25, 0.3) is 0 Å². The molecule has 2 rings (SSSR count). The SMILES string of the molecule is Cc1ccc(NC(=O)[C@@H]2CC[C@H](CN)O2)cc1C. The highest BCUT2D eigenvalue weighted by Gasteiger charge is 2.29. The zero-order chi connectivity index (χ0) is 13.1. The number of anilines is 1. The number of nitrogens with one attached hydrogen (secondary N) is 1. The van der Waals surface area contributed by atoms with Gasteiger partial charge in [-0.3, -0.25) is 4.79 Å². The van der Waals surface area contributed by atoms with Gasteiger partial charge in [-0.2, -0.15) is 0 Å². The largest absolute Gasteiger partial charge is 0.364 e. The standard InChI is InChI=1S/C14H20N2O2/c1-9-3-4-11(7-10(9)2)16-14(17)13-6-5-12(8-15)18-13/h3-4,7,12-13H,5-6,8,15H2,1-2H3,(H,16,17)/t12-,13+/m1/s1. The van der Waals surface area contributed by atoms with Crippen molar-refractivity contribution in [2.75, 3.05) is 11.9 Å². The van der Waals surface area contributed by atoms with Crippen molar-refractivity contribution in [1.29, 1.82) is 0 Å². The lowest BCUT2D eigenvalue weighted by molar-refractivity contribution is -0.126. The van der Waals surface area contributed by atoms with Gasteiger partial charge in [-0.1, -0.05) is 6.07 Å². The van der Waals surface area contributed by atoms with Crippen molar-refractivity contribution >= 4 is 11.6 Å². The molecule has 1 fully saturated rings.